The Kier molecular flexibility index (Phi) is 3.26. The van der Waals surface area contributed by atoms with Gasteiger partial charge in [-0.25, -0.2) is 9.71 Å². The minimum absolute atomic E-state index is 0.212. The van der Waals surface area contributed by atoms with Gasteiger partial charge in [-0.15, -0.1) is 0 Å². The molecule has 1 heterocycles. The van der Waals surface area contributed by atoms with Gasteiger partial charge in [-0.05, 0) is 6.42 Å². The van der Waals surface area contributed by atoms with Crippen molar-refractivity contribution in [1.29, 1.82) is 0 Å². The smallest absolute Gasteiger partial charge is 0.301 e. The summed E-state index contributed by atoms with van der Waals surface area (Å²) in [5.74, 6) is 0.212. The zero-order chi connectivity index (χ0) is 9.73. The molecule has 0 amide bonds. The van der Waals surface area contributed by atoms with E-state index in [0.717, 1.165) is 6.42 Å². The van der Waals surface area contributed by atoms with E-state index in [9.17, 15) is 8.42 Å². The molecule has 74 valence electrons. The number of rotatable bonds is 5. The molecule has 0 aromatic carbocycles. The summed E-state index contributed by atoms with van der Waals surface area (Å²) in [5.41, 5.74) is 0. The molecule has 0 aliphatic carbocycles. The zero-order valence-corrected chi connectivity index (χ0v) is 8.06. The van der Waals surface area contributed by atoms with Crippen LogP contribution in [0.1, 0.15) is 13.3 Å². The van der Waals surface area contributed by atoms with Gasteiger partial charge in [0.25, 0.3) is 0 Å². The fraction of sp³-hybridized carbons (Fsp3) is 0.500. The molecule has 0 fully saturated rings. The van der Waals surface area contributed by atoms with Gasteiger partial charge < -0.3 is 4.98 Å². The van der Waals surface area contributed by atoms with Crippen molar-refractivity contribution in [2.75, 3.05) is 11.3 Å². The Bertz CT molecular complexity index is 332. The maximum Gasteiger partial charge on any atom is 0.301 e. The molecule has 0 aliphatic heterocycles. The van der Waals surface area contributed by atoms with Gasteiger partial charge in [-0.3, -0.25) is 0 Å². The van der Waals surface area contributed by atoms with Crippen molar-refractivity contribution < 1.29 is 8.42 Å². The Hall–Kier alpha value is -1.08. The third-order valence-corrected chi connectivity index (χ3v) is 2.32. The van der Waals surface area contributed by atoms with Crippen LogP contribution in [-0.2, 0) is 10.2 Å². The molecule has 7 heteroatoms. The van der Waals surface area contributed by atoms with Crippen molar-refractivity contribution in [3.8, 4) is 0 Å². The van der Waals surface area contributed by atoms with E-state index in [1.807, 2.05) is 6.92 Å². The molecule has 6 nitrogen and oxygen atoms in total. The largest absolute Gasteiger partial charge is 0.330 e. The second-order valence-electron chi connectivity index (χ2n) is 2.44. The van der Waals surface area contributed by atoms with Gasteiger partial charge in [0, 0.05) is 18.9 Å². The highest BCUT2D eigenvalue weighted by molar-refractivity contribution is 7.90. The van der Waals surface area contributed by atoms with Crippen molar-refractivity contribution in [3.05, 3.63) is 12.4 Å². The van der Waals surface area contributed by atoms with Gasteiger partial charge in [0.15, 0.2) is 0 Å². The lowest BCUT2D eigenvalue weighted by Gasteiger charge is -2.04. The Labute approximate surface area is 77.0 Å². The number of hydrogen-bond donors (Lipinski definition) is 3. The predicted molar refractivity (Wildman–Crippen MR) is 49.4 cm³/mol. The SMILES string of the molecule is CCCNS(=O)(=O)Nc1ncc[nH]1. The summed E-state index contributed by atoms with van der Waals surface area (Å²) in [7, 11) is -3.46. The quantitative estimate of drug-likeness (QED) is 0.634. The van der Waals surface area contributed by atoms with E-state index in [2.05, 4.69) is 19.4 Å². The predicted octanol–water partition coefficient (Wildman–Crippen LogP) is 0.0660. The number of anilines is 1. The van der Waals surface area contributed by atoms with E-state index < -0.39 is 10.2 Å². The van der Waals surface area contributed by atoms with Crippen LogP contribution in [0.5, 0.6) is 0 Å². The standard InChI is InChI=1S/C6H12N4O2S/c1-2-3-9-13(11,12)10-6-7-4-5-8-6/h4-5,9H,2-3H2,1H3,(H2,7,8,10). The Morgan fingerprint density at radius 1 is 1.62 bits per heavy atom. The van der Waals surface area contributed by atoms with E-state index >= 15 is 0 Å². The monoisotopic (exact) mass is 204 g/mol. The minimum atomic E-state index is -3.46. The molecule has 0 bridgehead atoms. The van der Waals surface area contributed by atoms with Crippen molar-refractivity contribution >= 4 is 16.2 Å². The molecule has 13 heavy (non-hydrogen) atoms. The molecule has 0 unspecified atom stereocenters. The molecule has 3 N–H and O–H groups in total. The summed E-state index contributed by atoms with van der Waals surface area (Å²) in [6, 6.07) is 0. The molecule has 0 radical (unpaired) electrons. The molecule has 0 atom stereocenters. The average Bonchev–Trinajstić information content (AvgIpc) is 2.52. The van der Waals surface area contributed by atoms with E-state index in [0.29, 0.717) is 6.54 Å². The summed E-state index contributed by atoms with van der Waals surface area (Å²) in [6.07, 6.45) is 3.76. The number of hydrogen-bond acceptors (Lipinski definition) is 3. The van der Waals surface area contributed by atoms with Gasteiger partial charge in [0.05, 0.1) is 0 Å². The summed E-state index contributed by atoms with van der Waals surface area (Å²) in [4.78, 5) is 6.35. The van der Waals surface area contributed by atoms with Crippen LogP contribution in [-0.4, -0.2) is 24.9 Å². The number of aromatic nitrogens is 2. The van der Waals surface area contributed by atoms with Gasteiger partial charge in [-0.1, -0.05) is 6.92 Å². The van der Waals surface area contributed by atoms with Gasteiger partial charge in [-0.2, -0.15) is 13.1 Å². The Balaban J connectivity index is 2.53. The number of nitrogens with one attached hydrogen (secondary N) is 3. The van der Waals surface area contributed by atoms with E-state index in [1.165, 1.54) is 12.4 Å². The lowest BCUT2D eigenvalue weighted by molar-refractivity contribution is 0.586. The summed E-state index contributed by atoms with van der Waals surface area (Å²) >= 11 is 0. The van der Waals surface area contributed by atoms with Crippen LogP contribution in [0, 0.1) is 0 Å². The molecular weight excluding hydrogens is 192 g/mol. The third kappa shape index (κ3) is 3.43. The van der Waals surface area contributed by atoms with Gasteiger partial charge >= 0.3 is 10.2 Å². The topological polar surface area (TPSA) is 86.9 Å². The fourth-order valence-corrected chi connectivity index (χ4v) is 1.63. The molecule has 0 spiro atoms. The first-order valence-electron chi connectivity index (χ1n) is 3.91. The summed E-state index contributed by atoms with van der Waals surface area (Å²) in [5, 5.41) is 0. The van der Waals surface area contributed by atoms with E-state index in [-0.39, 0.29) is 5.95 Å². The number of nitrogens with zero attached hydrogens (tertiary/aromatic N) is 1. The zero-order valence-electron chi connectivity index (χ0n) is 7.24. The molecule has 0 saturated heterocycles. The van der Waals surface area contributed by atoms with Crippen LogP contribution in [0.3, 0.4) is 0 Å². The number of imidazole rings is 1. The molecule has 0 aliphatic rings. The van der Waals surface area contributed by atoms with Crippen LogP contribution < -0.4 is 9.44 Å². The number of aromatic amines is 1. The van der Waals surface area contributed by atoms with Crippen LogP contribution in [0.2, 0.25) is 0 Å². The Morgan fingerprint density at radius 2 is 2.38 bits per heavy atom. The highest BCUT2D eigenvalue weighted by Gasteiger charge is 2.08. The first-order valence-corrected chi connectivity index (χ1v) is 5.39. The second-order valence-corrected chi connectivity index (χ2v) is 3.94. The lowest BCUT2D eigenvalue weighted by atomic mass is 10.5. The first kappa shape index (κ1) is 10.0. The Morgan fingerprint density at radius 3 is 2.92 bits per heavy atom. The maximum absolute atomic E-state index is 11.2. The molecule has 1 aromatic heterocycles. The molecule has 1 aromatic rings. The van der Waals surface area contributed by atoms with Crippen molar-refractivity contribution in [2.24, 2.45) is 0 Å². The fourth-order valence-electron chi connectivity index (χ4n) is 0.721. The second kappa shape index (κ2) is 4.24. The average molecular weight is 204 g/mol. The van der Waals surface area contributed by atoms with Crippen molar-refractivity contribution in [1.82, 2.24) is 14.7 Å². The van der Waals surface area contributed by atoms with E-state index in [4.69, 9.17) is 0 Å². The molecule has 1 rings (SSSR count). The van der Waals surface area contributed by atoms with Crippen molar-refractivity contribution in [2.45, 2.75) is 13.3 Å². The maximum atomic E-state index is 11.2. The summed E-state index contributed by atoms with van der Waals surface area (Å²) < 4.78 is 26.9. The van der Waals surface area contributed by atoms with E-state index in [1.54, 1.807) is 0 Å². The molecular formula is C6H12N4O2S. The minimum Gasteiger partial charge on any atom is -0.330 e. The van der Waals surface area contributed by atoms with Crippen molar-refractivity contribution in [3.63, 3.8) is 0 Å². The van der Waals surface area contributed by atoms with Crippen LogP contribution >= 0.6 is 0 Å². The number of H-pyrrole nitrogens is 1. The highest BCUT2D eigenvalue weighted by atomic mass is 32.2. The van der Waals surface area contributed by atoms with Gasteiger partial charge in [0.2, 0.25) is 5.95 Å². The van der Waals surface area contributed by atoms with Crippen LogP contribution in [0.4, 0.5) is 5.95 Å². The summed E-state index contributed by atoms with van der Waals surface area (Å²) in [6.45, 7) is 2.30. The van der Waals surface area contributed by atoms with Gasteiger partial charge in [0.1, 0.15) is 0 Å². The highest BCUT2D eigenvalue weighted by Crippen LogP contribution is 1.97. The van der Waals surface area contributed by atoms with Crippen LogP contribution in [0.15, 0.2) is 12.4 Å². The van der Waals surface area contributed by atoms with Crippen LogP contribution in [0.25, 0.3) is 0 Å². The molecule has 0 saturated carbocycles. The normalized spacial score (nSPS) is 11.5. The third-order valence-electron chi connectivity index (χ3n) is 1.27. The first-order chi connectivity index (χ1) is 6.14. The lowest BCUT2D eigenvalue weighted by Crippen LogP contribution is -2.31.